The van der Waals surface area contributed by atoms with Gasteiger partial charge in [0.15, 0.2) is 0 Å². The fourth-order valence-electron chi connectivity index (χ4n) is 3.28. The van der Waals surface area contributed by atoms with E-state index in [1.165, 1.54) is 0 Å². The lowest BCUT2D eigenvalue weighted by Gasteiger charge is -2.47. The molecule has 2 aliphatic rings. The zero-order chi connectivity index (χ0) is 14.2. The summed E-state index contributed by atoms with van der Waals surface area (Å²) >= 11 is 5.10. The van der Waals surface area contributed by atoms with Crippen LogP contribution in [-0.4, -0.2) is 34.8 Å². The number of hydrogen-bond donors (Lipinski definition) is 2. The van der Waals surface area contributed by atoms with Gasteiger partial charge in [-0.25, -0.2) is 0 Å². The summed E-state index contributed by atoms with van der Waals surface area (Å²) in [6.45, 7) is 3.25. The van der Waals surface area contributed by atoms with Crippen LogP contribution in [0.15, 0.2) is 0 Å². The third kappa shape index (κ3) is 2.45. The summed E-state index contributed by atoms with van der Waals surface area (Å²) in [5.74, 6) is 0.160. The summed E-state index contributed by atoms with van der Waals surface area (Å²) in [7, 11) is 0. The maximum Gasteiger partial charge on any atom is 0.235 e. The Morgan fingerprint density at radius 3 is 2.11 bits per heavy atom. The number of carbonyl (C=O) groups is 2. The van der Waals surface area contributed by atoms with Gasteiger partial charge in [0.1, 0.15) is 0 Å². The Labute approximate surface area is 118 Å². The summed E-state index contributed by atoms with van der Waals surface area (Å²) in [4.78, 5) is 25.8. The second-order valence-corrected chi connectivity index (χ2v) is 6.37. The van der Waals surface area contributed by atoms with Crippen molar-refractivity contribution < 1.29 is 9.59 Å². The number of primary amides is 1. The molecule has 5 nitrogen and oxygen atoms in total. The highest BCUT2D eigenvalue weighted by atomic mass is 32.1. The molecule has 6 heteroatoms. The van der Waals surface area contributed by atoms with Crippen molar-refractivity contribution in [2.45, 2.75) is 32.6 Å². The summed E-state index contributed by atoms with van der Waals surface area (Å²) < 4.78 is 0. The molecule has 0 aromatic heterocycles. The topological polar surface area (TPSA) is 89.4 Å². The van der Waals surface area contributed by atoms with Gasteiger partial charge in [-0.2, -0.15) is 0 Å². The van der Waals surface area contributed by atoms with E-state index in [0.29, 0.717) is 36.8 Å². The maximum atomic E-state index is 12.6. The molecule has 2 amide bonds. The van der Waals surface area contributed by atoms with Gasteiger partial charge in [-0.3, -0.25) is 9.59 Å². The molecule has 0 radical (unpaired) electrons. The van der Waals surface area contributed by atoms with Crippen LogP contribution in [0.4, 0.5) is 0 Å². The van der Waals surface area contributed by atoms with Crippen LogP contribution in [0.1, 0.15) is 32.6 Å². The first-order valence-electron chi connectivity index (χ1n) is 6.75. The monoisotopic (exact) mass is 283 g/mol. The average Bonchev–Trinajstić information content (AvgIpc) is 2.33. The zero-order valence-electron chi connectivity index (χ0n) is 11.2. The molecule has 1 aliphatic heterocycles. The van der Waals surface area contributed by atoms with E-state index < -0.39 is 5.41 Å². The number of rotatable bonds is 3. The molecule has 0 spiro atoms. The van der Waals surface area contributed by atoms with Crippen LogP contribution >= 0.6 is 12.2 Å². The van der Waals surface area contributed by atoms with Crippen LogP contribution in [0, 0.1) is 17.3 Å². The highest BCUT2D eigenvalue weighted by molar-refractivity contribution is 7.80. The van der Waals surface area contributed by atoms with Crippen molar-refractivity contribution in [1.29, 1.82) is 0 Å². The highest BCUT2D eigenvalue weighted by Crippen LogP contribution is 2.47. The number of nitrogens with two attached hydrogens (primary N) is 2. The third-order valence-corrected chi connectivity index (χ3v) is 4.85. The van der Waals surface area contributed by atoms with Crippen LogP contribution < -0.4 is 11.5 Å². The highest BCUT2D eigenvalue weighted by Gasteiger charge is 2.52. The number of thiocarbonyl (C=S) groups is 1. The molecule has 4 N–H and O–H groups in total. The van der Waals surface area contributed by atoms with E-state index in [-0.39, 0.29) is 17.7 Å². The molecule has 2 fully saturated rings. The lowest BCUT2D eigenvalue weighted by molar-refractivity contribution is -0.146. The minimum Gasteiger partial charge on any atom is -0.392 e. The van der Waals surface area contributed by atoms with Gasteiger partial charge in [0.2, 0.25) is 11.8 Å². The normalized spacial score (nSPS) is 31.6. The fraction of sp³-hybridized carbons (Fsp3) is 0.769. The molecule has 0 bridgehead atoms. The predicted octanol–water partition coefficient (Wildman–Crippen LogP) is 0.413. The van der Waals surface area contributed by atoms with E-state index in [0.717, 1.165) is 12.8 Å². The van der Waals surface area contributed by atoms with E-state index in [1.54, 1.807) is 4.90 Å². The smallest absolute Gasteiger partial charge is 0.235 e. The van der Waals surface area contributed by atoms with Crippen LogP contribution in [0.3, 0.4) is 0 Å². The van der Waals surface area contributed by atoms with Crippen LogP contribution in [0.2, 0.25) is 0 Å². The SMILES string of the molecule is CC1CC(C(=O)N2CCC(C(N)=O)CC2)(C(N)=S)C1. The summed E-state index contributed by atoms with van der Waals surface area (Å²) in [5, 5.41) is 0. The summed E-state index contributed by atoms with van der Waals surface area (Å²) in [6, 6.07) is 0. The van der Waals surface area contributed by atoms with Gasteiger partial charge < -0.3 is 16.4 Å². The first kappa shape index (κ1) is 14.2. The van der Waals surface area contributed by atoms with Crippen molar-refractivity contribution in [1.82, 2.24) is 4.90 Å². The van der Waals surface area contributed by atoms with E-state index in [4.69, 9.17) is 23.7 Å². The molecule has 1 aliphatic carbocycles. The lowest BCUT2D eigenvalue weighted by atomic mass is 9.61. The maximum absolute atomic E-state index is 12.6. The lowest BCUT2D eigenvalue weighted by Crippen LogP contribution is -2.58. The molecule has 19 heavy (non-hydrogen) atoms. The number of likely N-dealkylation sites (tertiary alicyclic amines) is 1. The van der Waals surface area contributed by atoms with Crippen molar-refractivity contribution in [3.05, 3.63) is 0 Å². The molecule has 1 saturated carbocycles. The van der Waals surface area contributed by atoms with Crippen molar-refractivity contribution in [3.8, 4) is 0 Å². The molecule has 106 valence electrons. The van der Waals surface area contributed by atoms with E-state index >= 15 is 0 Å². The van der Waals surface area contributed by atoms with Crippen molar-refractivity contribution >= 4 is 29.0 Å². The zero-order valence-corrected chi connectivity index (χ0v) is 12.0. The second-order valence-electron chi connectivity index (χ2n) is 5.93. The Kier molecular flexibility index (Phi) is 3.80. The minimum atomic E-state index is -0.631. The van der Waals surface area contributed by atoms with Crippen LogP contribution in [0.25, 0.3) is 0 Å². The predicted molar refractivity (Wildman–Crippen MR) is 76.1 cm³/mol. The molecule has 0 unspecified atom stereocenters. The molecule has 1 saturated heterocycles. The number of piperidine rings is 1. The van der Waals surface area contributed by atoms with Crippen molar-refractivity contribution in [2.24, 2.45) is 28.7 Å². The molecule has 0 aromatic rings. The van der Waals surface area contributed by atoms with Gasteiger partial charge in [-0.05, 0) is 31.6 Å². The standard InChI is InChI=1S/C13H21N3O2S/c1-8-6-13(7-8,11(15)19)12(18)16-4-2-9(3-5-16)10(14)17/h8-9H,2-7H2,1H3,(H2,14,17)(H2,15,19). The van der Waals surface area contributed by atoms with E-state index in [9.17, 15) is 9.59 Å². The van der Waals surface area contributed by atoms with Crippen LogP contribution in [0.5, 0.6) is 0 Å². The molecular formula is C13H21N3O2S. The molecule has 2 rings (SSSR count). The van der Waals surface area contributed by atoms with Crippen molar-refractivity contribution in [2.75, 3.05) is 13.1 Å². The minimum absolute atomic E-state index is 0.0426. The van der Waals surface area contributed by atoms with Crippen molar-refractivity contribution in [3.63, 3.8) is 0 Å². The Hall–Kier alpha value is -1.17. The number of amides is 2. The Bertz CT molecular complexity index is 410. The van der Waals surface area contributed by atoms with Gasteiger partial charge in [0.25, 0.3) is 0 Å². The van der Waals surface area contributed by atoms with Crippen LogP contribution in [-0.2, 0) is 9.59 Å². The summed E-state index contributed by atoms with van der Waals surface area (Å²) in [6.07, 6.45) is 2.78. The van der Waals surface area contributed by atoms with E-state index in [2.05, 4.69) is 6.92 Å². The molecule has 0 atom stereocenters. The Balaban J connectivity index is 2.01. The fourth-order valence-corrected chi connectivity index (χ4v) is 3.53. The van der Waals surface area contributed by atoms with Gasteiger partial charge >= 0.3 is 0 Å². The number of nitrogens with zero attached hydrogens (tertiary/aromatic N) is 1. The van der Waals surface area contributed by atoms with Gasteiger partial charge in [-0.15, -0.1) is 0 Å². The third-order valence-electron chi connectivity index (χ3n) is 4.46. The molecular weight excluding hydrogens is 262 g/mol. The van der Waals surface area contributed by atoms with Gasteiger partial charge in [0.05, 0.1) is 10.4 Å². The Morgan fingerprint density at radius 2 is 1.74 bits per heavy atom. The first-order valence-corrected chi connectivity index (χ1v) is 7.16. The second kappa shape index (κ2) is 5.07. The first-order chi connectivity index (χ1) is 8.86. The number of hydrogen-bond acceptors (Lipinski definition) is 3. The molecule has 0 aromatic carbocycles. The summed E-state index contributed by atoms with van der Waals surface area (Å²) in [5.41, 5.74) is 10.5. The van der Waals surface area contributed by atoms with Gasteiger partial charge in [0, 0.05) is 19.0 Å². The Morgan fingerprint density at radius 1 is 1.21 bits per heavy atom. The van der Waals surface area contributed by atoms with E-state index in [1.807, 2.05) is 0 Å². The largest absolute Gasteiger partial charge is 0.392 e. The van der Waals surface area contributed by atoms with Gasteiger partial charge in [-0.1, -0.05) is 19.1 Å². The molecule has 1 heterocycles. The number of carbonyl (C=O) groups excluding carboxylic acids is 2. The quantitative estimate of drug-likeness (QED) is 0.734. The average molecular weight is 283 g/mol.